The fourth-order valence-corrected chi connectivity index (χ4v) is 3.02. The summed E-state index contributed by atoms with van der Waals surface area (Å²) in [5.74, 6) is 1.31. The number of urea groups is 1. The molecular weight excluding hydrogens is 384 g/mol. The predicted molar refractivity (Wildman–Crippen MR) is 115 cm³/mol. The molecule has 0 atom stereocenters. The topological polar surface area (TPSA) is 88.7 Å². The third-order valence-corrected chi connectivity index (χ3v) is 4.63. The van der Waals surface area contributed by atoms with E-state index >= 15 is 0 Å². The Balaban J connectivity index is 1.77. The van der Waals surface area contributed by atoms with Crippen LogP contribution in [-0.4, -0.2) is 55.6 Å². The van der Waals surface area contributed by atoms with E-state index in [1.54, 1.807) is 38.6 Å². The van der Waals surface area contributed by atoms with Crippen LogP contribution in [0.4, 0.5) is 10.5 Å². The number of rotatable bonds is 9. The Labute approximate surface area is 175 Å². The predicted octanol–water partition coefficient (Wildman–Crippen LogP) is 3.77. The summed E-state index contributed by atoms with van der Waals surface area (Å²) in [4.78, 5) is 14.7. The van der Waals surface area contributed by atoms with Crippen LogP contribution in [0.1, 0.15) is 5.56 Å². The van der Waals surface area contributed by atoms with Crippen LogP contribution >= 0.6 is 0 Å². The molecule has 1 heterocycles. The molecule has 8 nitrogen and oxygen atoms in total. The zero-order chi connectivity index (χ0) is 21.3. The van der Waals surface area contributed by atoms with Crippen molar-refractivity contribution in [2.75, 3.05) is 39.8 Å². The molecule has 2 aromatic carbocycles. The van der Waals surface area contributed by atoms with Crippen LogP contribution in [0, 0.1) is 0 Å². The van der Waals surface area contributed by atoms with Gasteiger partial charge in [-0.05, 0) is 35.4 Å². The molecule has 2 N–H and O–H groups in total. The third kappa shape index (κ3) is 5.30. The van der Waals surface area contributed by atoms with Gasteiger partial charge in [0.25, 0.3) is 0 Å². The molecule has 3 aromatic rings. The van der Waals surface area contributed by atoms with E-state index in [9.17, 15) is 4.79 Å². The number of nitrogens with zero attached hydrogens (tertiary/aromatic N) is 2. The maximum absolute atomic E-state index is 13.0. The number of aromatic amines is 1. The van der Waals surface area contributed by atoms with Gasteiger partial charge in [-0.15, -0.1) is 0 Å². The summed E-state index contributed by atoms with van der Waals surface area (Å²) < 4.78 is 15.9. The number of hydrogen-bond donors (Lipinski definition) is 2. The Morgan fingerprint density at radius 3 is 2.67 bits per heavy atom. The van der Waals surface area contributed by atoms with Crippen molar-refractivity contribution in [1.82, 2.24) is 15.1 Å². The molecule has 30 heavy (non-hydrogen) atoms. The van der Waals surface area contributed by atoms with Crippen molar-refractivity contribution in [1.29, 1.82) is 0 Å². The highest BCUT2D eigenvalue weighted by atomic mass is 16.5. The largest absolute Gasteiger partial charge is 0.497 e. The highest BCUT2D eigenvalue weighted by molar-refractivity contribution is 5.91. The Morgan fingerprint density at radius 2 is 1.97 bits per heavy atom. The molecule has 0 aliphatic heterocycles. The highest BCUT2D eigenvalue weighted by Gasteiger charge is 2.17. The fourth-order valence-electron chi connectivity index (χ4n) is 3.02. The zero-order valence-corrected chi connectivity index (χ0v) is 17.3. The molecule has 0 radical (unpaired) electrons. The van der Waals surface area contributed by atoms with Crippen molar-refractivity contribution in [3.63, 3.8) is 0 Å². The lowest BCUT2D eigenvalue weighted by Gasteiger charge is -2.24. The number of carbonyl (C=O) groups excluding carboxylic acids is 1. The van der Waals surface area contributed by atoms with Crippen LogP contribution in [0.2, 0.25) is 0 Å². The monoisotopic (exact) mass is 410 g/mol. The third-order valence-electron chi connectivity index (χ3n) is 4.63. The smallest absolute Gasteiger partial charge is 0.322 e. The van der Waals surface area contributed by atoms with Gasteiger partial charge in [-0.25, -0.2) is 4.79 Å². The first-order valence-electron chi connectivity index (χ1n) is 9.49. The Hall–Kier alpha value is -3.52. The lowest BCUT2D eigenvalue weighted by atomic mass is 10.1. The van der Waals surface area contributed by atoms with Crippen LogP contribution in [0.25, 0.3) is 11.1 Å². The normalized spacial score (nSPS) is 10.5. The summed E-state index contributed by atoms with van der Waals surface area (Å²) in [7, 11) is 4.80. The van der Waals surface area contributed by atoms with Gasteiger partial charge in [0.2, 0.25) is 0 Å². The number of hydrogen-bond acceptors (Lipinski definition) is 5. The highest BCUT2D eigenvalue weighted by Crippen LogP contribution is 2.30. The first-order valence-corrected chi connectivity index (χ1v) is 9.49. The molecule has 0 aliphatic carbocycles. The van der Waals surface area contributed by atoms with Crippen LogP contribution in [0.15, 0.2) is 54.9 Å². The summed E-state index contributed by atoms with van der Waals surface area (Å²) in [5, 5.41) is 9.70. The van der Waals surface area contributed by atoms with E-state index in [2.05, 4.69) is 15.5 Å². The minimum Gasteiger partial charge on any atom is -0.497 e. The fraction of sp³-hybridized carbons (Fsp3) is 0.273. The van der Waals surface area contributed by atoms with Gasteiger partial charge in [-0.2, -0.15) is 5.10 Å². The van der Waals surface area contributed by atoms with E-state index in [1.165, 1.54) is 0 Å². The number of nitrogens with one attached hydrogen (secondary N) is 2. The van der Waals surface area contributed by atoms with Gasteiger partial charge in [-0.3, -0.25) is 5.10 Å². The maximum Gasteiger partial charge on any atom is 0.322 e. The minimum atomic E-state index is -0.246. The maximum atomic E-state index is 13.0. The molecule has 0 aliphatic rings. The second kappa shape index (κ2) is 10.3. The van der Waals surface area contributed by atoms with Crippen molar-refractivity contribution in [3.8, 4) is 22.6 Å². The van der Waals surface area contributed by atoms with Gasteiger partial charge in [0.1, 0.15) is 11.5 Å². The molecule has 8 heteroatoms. The van der Waals surface area contributed by atoms with Crippen molar-refractivity contribution >= 4 is 11.7 Å². The molecule has 0 bridgehead atoms. The molecule has 0 fully saturated rings. The summed E-state index contributed by atoms with van der Waals surface area (Å²) in [6.07, 6.45) is 3.53. The average Bonchev–Trinajstić information content (AvgIpc) is 3.32. The Kier molecular flexibility index (Phi) is 7.29. The SMILES string of the molecule is COCCN(Cc1cccc(OC)c1)C(=O)Nc1ccc(-c2cn[nH]c2)cc1OC. The van der Waals surface area contributed by atoms with Crippen LogP contribution in [0.3, 0.4) is 0 Å². The number of ether oxygens (including phenoxy) is 3. The molecule has 0 unspecified atom stereocenters. The standard InChI is InChI=1S/C22H26N4O4/c1-28-10-9-26(15-16-5-4-6-19(11-16)29-2)22(27)25-20-8-7-17(12-21(20)30-3)18-13-23-24-14-18/h4-8,11-14H,9-10,15H2,1-3H3,(H,23,24)(H,25,27). The molecule has 0 saturated heterocycles. The Bertz CT molecular complexity index is 960. The van der Waals surface area contributed by atoms with E-state index in [1.807, 2.05) is 42.5 Å². The van der Waals surface area contributed by atoms with Gasteiger partial charge in [0.05, 0.1) is 32.7 Å². The second-order valence-electron chi connectivity index (χ2n) is 6.60. The molecule has 0 spiro atoms. The lowest BCUT2D eigenvalue weighted by Crippen LogP contribution is -2.37. The van der Waals surface area contributed by atoms with Gasteiger partial charge in [0.15, 0.2) is 0 Å². The second-order valence-corrected chi connectivity index (χ2v) is 6.60. The van der Waals surface area contributed by atoms with Gasteiger partial charge < -0.3 is 24.4 Å². The first kappa shape index (κ1) is 21.2. The van der Waals surface area contributed by atoms with Crippen LogP contribution in [0.5, 0.6) is 11.5 Å². The van der Waals surface area contributed by atoms with E-state index in [0.717, 1.165) is 22.4 Å². The summed E-state index contributed by atoms with van der Waals surface area (Å²) in [6, 6.07) is 13.0. The van der Waals surface area contributed by atoms with E-state index < -0.39 is 0 Å². The average molecular weight is 410 g/mol. The molecular formula is C22H26N4O4. The summed E-state index contributed by atoms with van der Waals surface area (Å²) in [6.45, 7) is 1.28. The Morgan fingerprint density at radius 1 is 1.10 bits per heavy atom. The lowest BCUT2D eigenvalue weighted by molar-refractivity contribution is 0.152. The molecule has 2 amide bonds. The van der Waals surface area contributed by atoms with E-state index in [4.69, 9.17) is 14.2 Å². The number of methoxy groups -OCH3 is 3. The minimum absolute atomic E-state index is 0.246. The molecule has 158 valence electrons. The van der Waals surface area contributed by atoms with Gasteiger partial charge in [-0.1, -0.05) is 18.2 Å². The molecule has 1 aromatic heterocycles. The summed E-state index contributed by atoms with van der Waals surface area (Å²) >= 11 is 0. The summed E-state index contributed by atoms with van der Waals surface area (Å²) in [5.41, 5.74) is 3.42. The number of benzene rings is 2. The van der Waals surface area contributed by atoms with Gasteiger partial charge in [0, 0.05) is 32.0 Å². The number of carbonyl (C=O) groups is 1. The zero-order valence-electron chi connectivity index (χ0n) is 17.3. The van der Waals surface area contributed by atoms with Crippen LogP contribution in [-0.2, 0) is 11.3 Å². The van der Waals surface area contributed by atoms with E-state index in [-0.39, 0.29) is 6.03 Å². The van der Waals surface area contributed by atoms with Crippen molar-refractivity contribution < 1.29 is 19.0 Å². The quantitative estimate of drug-likeness (QED) is 0.561. The number of anilines is 1. The number of amides is 2. The van der Waals surface area contributed by atoms with Crippen molar-refractivity contribution in [2.24, 2.45) is 0 Å². The van der Waals surface area contributed by atoms with Crippen LogP contribution < -0.4 is 14.8 Å². The van der Waals surface area contributed by atoms with Crippen molar-refractivity contribution in [2.45, 2.75) is 6.54 Å². The van der Waals surface area contributed by atoms with Crippen molar-refractivity contribution in [3.05, 3.63) is 60.4 Å². The van der Waals surface area contributed by atoms with E-state index in [0.29, 0.717) is 31.1 Å². The molecule has 3 rings (SSSR count). The first-order chi connectivity index (χ1) is 14.6. The molecule has 0 saturated carbocycles. The number of H-pyrrole nitrogens is 1. The number of aromatic nitrogens is 2. The van der Waals surface area contributed by atoms with Gasteiger partial charge >= 0.3 is 6.03 Å².